The first-order valence-electron chi connectivity index (χ1n) is 9.13. The average molecular weight is 331 g/mol. The highest BCUT2D eigenvalue weighted by Gasteiger charge is 2.52. The second-order valence-electron chi connectivity index (χ2n) is 8.94. The summed E-state index contributed by atoms with van der Waals surface area (Å²) in [4.78, 5) is 23.5. The van der Waals surface area contributed by atoms with Gasteiger partial charge < -0.3 is 0 Å². The van der Waals surface area contributed by atoms with Gasteiger partial charge in [0.2, 0.25) is 5.79 Å². The molecule has 0 aromatic carbocycles. The summed E-state index contributed by atoms with van der Waals surface area (Å²) in [6.45, 7) is 19.0. The van der Waals surface area contributed by atoms with Crippen molar-refractivity contribution in [2.24, 2.45) is 11.3 Å². The van der Waals surface area contributed by atoms with E-state index in [0.29, 0.717) is 0 Å². The monoisotopic (exact) mass is 330 g/mol. The second-order valence-corrected chi connectivity index (χ2v) is 8.94. The summed E-state index contributed by atoms with van der Waals surface area (Å²) in [7, 11) is 0. The molecule has 0 amide bonds. The van der Waals surface area contributed by atoms with E-state index >= 15 is 0 Å². The van der Waals surface area contributed by atoms with Gasteiger partial charge >= 0.3 is 0 Å². The summed E-state index contributed by atoms with van der Waals surface area (Å²) in [5.41, 5.74) is -0.590. The molecule has 1 rings (SSSR count). The minimum absolute atomic E-state index is 0.109. The Labute approximate surface area is 143 Å². The molecule has 1 saturated carbocycles. The zero-order valence-electron chi connectivity index (χ0n) is 16.7. The van der Waals surface area contributed by atoms with Gasteiger partial charge in [-0.3, -0.25) is 0 Å². The maximum atomic E-state index is 5.97. The van der Waals surface area contributed by atoms with E-state index in [9.17, 15) is 0 Å². The van der Waals surface area contributed by atoms with E-state index in [1.165, 1.54) is 0 Å². The van der Waals surface area contributed by atoms with E-state index in [-0.39, 0.29) is 22.5 Å². The molecule has 1 aliphatic rings. The van der Waals surface area contributed by atoms with Crippen molar-refractivity contribution in [1.82, 2.24) is 0 Å². The lowest BCUT2D eigenvalue weighted by Crippen LogP contribution is -2.53. The Balaban J connectivity index is 2.95. The molecule has 0 saturated heterocycles. The van der Waals surface area contributed by atoms with Gasteiger partial charge in [0.1, 0.15) is 0 Å². The van der Waals surface area contributed by atoms with Crippen LogP contribution in [0.5, 0.6) is 0 Å². The van der Waals surface area contributed by atoms with Crippen LogP contribution in [0.4, 0.5) is 0 Å². The van der Waals surface area contributed by atoms with E-state index in [1.54, 1.807) is 0 Å². The molecule has 0 bridgehead atoms. The molecule has 0 radical (unpaired) electrons. The Morgan fingerprint density at radius 1 is 0.870 bits per heavy atom. The van der Waals surface area contributed by atoms with Crippen molar-refractivity contribution in [3.05, 3.63) is 0 Å². The van der Waals surface area contributed by atoms with Crippen LogP contribution >= 0.6 is 0 Å². The summed E-state index contributed by atoms with van der Waals surface area (Å²) in [6.07, 6.45) is 4.68. The first-order chi connectivity index (χ1) is 10.4. The Morgan fingerprint density at radius 3 is 1.70 bits per heavy atom. The van der Waals surface area contributed by atoms with Crippen LogP contribution in [0.2, 0.25) is 0 Å². The van der Waals surface area contributed by atoms with E-state index in [0.717, 1.165) is 32.1 Å². The number of hydrogen-bond donors (Lipinski definition) is 0. The normalized spacial score (nSPS) is 24.7. The standard InChI is InChI=1S/C19H38O4/c1-10-17(6,7)20-22-19(23-21-18(8,9)11-2)14-12-13-16(4,5)15(19)3/h15H,10-14H2,1-9H3. The molecule has 0 aliphatic heterocycles. The fourth-order valence-corrected chi connectivity index (χ4v) is 2.54. The van der Waals surface area contributed by atoms with Gasteiger partial charge in [0.05, 0.1) is 11.2 Å². The Kier molecular flexibility index (Phi) is 6.70. The molecule has 4 heteroatoms. The van der Waals surface area contributed by atoms with Gasteiger partial charge in [-0.05, 0) is 58.8 Å². The molecule has 23 heavy (non-hydrogen) atoms. The highest BCUT2D eigenvalue weighted by molar-refractivity contribution is 4.91. The van der Waals surface area contributed by atoms with Crippen molar-refractivity contribution in [3.8, 4) is 0 Å². The van der Waals surface area contributed by atoms with Crippen LogP contribution in [0.1, 0.15) is 94.4 Å². The van der Waals surface area contributed by atoms with Crippen LogP contribution in [0.15, 0.2) is 0 Å². The fraction of sp³-hybridized carbons (Fsp3) is 1.00. The maximum Gasteiger partial charge on any atom is 0.237 e. The lowest BCUT2D eigenvalue weighted by molar-refractivity contribution is -0.562. The highest BCUT2D eigenvalue weighted by atomic mass is 17.3. The van der Waals surface area contributed by atoms with Gasteiger partial charge in [0.25, 0.3) is 0 Å². The highest BCUT2D eigenvalue weighted by Crippen LogP contribution is 2.49. The van der Waals surface area contributed by atoms with Crippen LogP contribution < -0.4 is 0 Å². The van der Waals surface area contributed by atoms with Gasteiger partial charge in [-0.2, -0.15) is 9.78 Å². The molecule has 138 valence electrons. The fourth-order valence-electron chi connectivity index (χ4n) is 2.54. The van der Waals surface area contributed by atoms with Crippen molar-refractivity contribution in [2.75, 3.05) is 0 Å². The quantitative estimate of drug-likeness (QED) is 0.320. The topological polar surface area (TPSA) is 36.9 Å². The summed E-state index contributed by atoms with van der Waals surface area (Å²) >= 11 is 0. The largest absolute Gasteiger partial charge is 0.237 e. The Bertz CT molecular complexity index is 354. The predicted molar refractivity (Wildman–Crippen MR) is 92.6 cm³/mol. The minimum atomic E-state index is -0.860. The van der Waals surface area contributed by atoms with Crippen molar-refractivity contribution >= 4 is 0 Å². The van der Waals surface area contributed by atoms with E-state index in [2.05, 4.69) is 34.6 Å². The van der Waals surface area contributed by atoms with Crippen molar-refractivity contribution in [1.29, 1.82) is 0 Å². The molecule has 0 spiro atoms. The molecule has 1 fully saturated rings. The molecule has 0 N–H and O–H groups in total. The van der Waals surface area contributed by atoms with Crippen LogP contribution in [0.3, 0.4) is 0 Å². The van der Waals surface area contributed by atoms with Crippen molar-refractivity contribution in [2.45, 2.75) is 111 Å². The Morgan fingerprint density at radius 2 is 1.30 bits per heavy atom. The molecule has 0 heterocycles. The van der Waals surface area contributed by atoms with Crippen LogP contribution in [0.25, 0.3) is 0 Å². The number of hydrogen-bond acceptors (Lipinski definition) is 4. The van der Waals surface area contributed by atoms with Gasteiger partial charge in [0, 0.05) is 12.3 Å². The van der Waals surface area contributed by atoms with E-state index in [4.69, 9.17) is 19.6 Å². The van der Waals surface area contributed by atoms with Crippen LogP contribution in [-0.2, 0) is 19.6 Å². The third kappa shape index (κ3) is 5.42. The third-order valence-electron chi connectivity index (χ3n) is 5.70. The first kappa shape index (κ1) is 20.9. The molecule has 4 nitrogen and oxygen atoms in total. The molecule has 1 unspecified atom stereocenters. The van der Waals surface area contributed by atoms with Crippen LogP contribution in [-0.4, -0.2) is 17.0 Å². The zero-order valence-corrected chi connectivity index (χ0v) is 16.7. The van der Waals surface area contributed by atoms with Crippen LogP contribution in [0, 0.1) is 11.3 Å². The van der Waals surface area contributed by atoms with E-state index in [1.807, 2.05) is 27.7 Å². The van der Waals surface area contributed by atoms with Crippen molar-refractivity contribution in [3.63, 3.8) is 0 Å². The molecular weight excluding hydrogens is 292 g/mol. The molecule has 0 aromatic rings. The predicted octanol–water partition coefficient (Wildman–Crippen LogP) is 5.80. The lowest BCUT2D eigenvalue weighted by atomic mass is 9.66. The molecule has 0 aromatic heterocycles. The van der Waals surface area contributed by atoms with E-state index < -0.39 is 5.79 Å². The van der Waals surface area contributed by atoms with Crippen molar-refractivity contribution < 1.29 is 19.6 Å². The maximum absolute atomic E-state index is 5.97. The van der Waals surface area contributed by atoms with Gasteiger partial charge in [-0.15, -0.1) is 0 Å². The third-order valence-corrected chi connectivity index (χ3v) is 5.70. The summed E-state index contributed by atoms with van der Waals surface area (Å²) in [5, 5.41) is 0. The lowest BCUT2D eigenvalue weighted by Gasteiger charge is -2.49. The molecular formula is C19H38O4. The molecule has 1 atom stereocenters. The van der Waals surface area contributed by atoms with Gasteiger partial charge in [0.15, 0.2) is 0 Å². The second kappa shape index (κ2) is 7.38. The molecule has 1 aliphatic carbocycles. The Hall–Kier alpha value is -0.160. The number of rotatable bonds is 8. The first-order valence-corrected chi connectivity index (χ1v) is 9.13. The summed E-state index contributed by atoms with van der Waals surface area (Å²) in [6, 6.07) is 0. The summed E-state index contributed by atoms with van der Waals surface area (Å²) < 4.78 is 0. The average Bonchev–Trinajstić information content (AvgIpc) is 2.48. The summed E-state index contributed by atoms with van der Waals surface area (Å²) in [5.74, 6) is -0.704. The SMILES string of the molecule is CCC(C)(C)OOC1(OOC(C)(C)CC)CCCC(C)(C)C1C. The smallest absolute Gasteiger partial charge is 0.228 e. The minimum Gasteiger partial charge on any atom is -0.228 e. The zero-order chi connectivity index (χ0) is 17.9. The van der Waals surface area contributed by atoms with Gasteiger partial charge in [-0.1, -0.05) is 34.6 Å². The van der Waals surface area contributed by atoms with Gasteiger partial charge in [-0.25, -0.2) is 9.78 Å².